The van der Waals surface area contributed by atoms with Gasteiger partial charge in [0.2, 0.25) is 0 Å². The lowest BCUT2D eigenvalue weighted by Crippen LogP contribution is -2.11. The number of fused-ring (bicyclic) bond motifs is 10. The molecule has 0 aliphatic heterocycles. The fraction of sp³-hybridized carbons (Fsp3) is 0. The van der Waals surface area contributed by atoms with Crippen LogP contribution in [-0.4, -0.2) is 4.57 Å². The van der Waals surface area contributed by atoms with E-state index in [2.05, 4.69) is 251 Å². The van der Waals surface area contributed by atoms with E-state index in [0.717, 1.165) is 50.8 Å². The van der Waals surface area contributed by atoms with Crippen LogP contribution in [0.2, 0.25) is 0 Å². The lowest BCUT2D eigenvalue weighted by atomic mass is 9.96. The summed E-state index contributed by atoms with van der Waals surface area (Å²) in [5.74, 6) is 0. The van der Waals surface area contributed by atoms with Crippen LogP contribution in [-0.2, 0) is 0 Å². The average Bonchev–Trinajstić information content (AvgIpc) is 3.67. The zero-order chi connectivity index (χ0) is 40.3. The third-order valence-electron chi connectivity index (χ3n) is 12.3. The van der Waals surface area contributed by atoms with Crippen LogP contribution in [0.1, 0.15) is 0 Å². The monoisotopic (exact) mass is 777 g/mol. The van der Waals surface area contributed by atoms with Crippen molar-refractivity contribution in [1.29, 1.82) is 0 Å². The molecule has 3 nitrogen and oxygen atoms in total. The number of hydrogen-bond donors (Lipinski definition) is 0. The van der Waals surface area contributed by atoms with Crippen LogP contribution >= 0.6 is 0 Å². The number of benzene rings is 11. The highest BCUT2D eigenvalue weighted by molar-refractivity contribution is 6.32. The standard InChI is InChI=1S/C58H39N3/c1-5-22-41(23-6-1)59(42-24-7-2-8-25-42)53-38-55-57(50-35-19-17-33-48(50)53)58-51-36-20-18-34-49(51)54(60(43-26-9-3-10-27-43)44-28-11-4-12-29-44)39-56(58)61(55)52-37-40-21-13-14-30-45(40)46-31-15-16-32-47(46)52/h1-39H. The van der Waals surface area contributed by atoms with Gasteiger partial charge in [-0.05, 0) is 93.7 Å². The molecule has 286 valence electrons. The average molecular weight is 778 g/mol. The Morgan fingerprint density at radius 2 is 0.590 bits per heavy atom. The third-order valence-corrected chi connectivity index (χ3v) is 12.3. The molecule has 0 unspecified atom stereocenters. The van der Waals surface area contributed by atoms with Gasteiger partial charge in [-0.15, -0.1) is 0 Å². The molecule has 61 heavy (non-hydrogen) atoms. The summed E-state index contributed by atoms with van der Waals surface area (Å²) in [6.45, 7) is 0. The van der Waals surface area contributed by atoms with E-state index in [0.29, 0.717) is 0 Å². The molecule has 0 radical (unpaired) electrons. The van der Waals surface area contributed by atoms with Crippen LogP contribution in [0.5, 0.6) is 0 Å². The summed E-state index contributed by atoms with van der Waals surface area (Å²) in [6.07, 6.45) is 0. The van der Waals surface area contributed by atoms with Gasteiger partial charge in [0, 0.05) is 49.7 Å². The topological polar surface area (TPSA) is 11.4 Å². The maximum absolute atomic E-state index is 2.56. The van der Waals surface area contributed by atoms with Gasteiger partial charge < -0.3 is 14.4 Å². The van der Waals surface area contributed by atoms with E-state index >= 15 is 0 Å². The molecule has 11 aromatic carbocycles. The van der Waals surface area contributed by atoms with Gasteiger partial charge in [0.05, 0.1) is 28.1 Å². The van der Waals surface area contributed by atoms with Gasteiger partial charge in [-0.25, -0.2) is 0 Å². The van der Waals surface area contributed by atoms with Crippen LogP contribution in [0.25, 0.3) is 70.6 Å². The fourth-order valence-electron chi connectivity index (χ4n) is 9.70. The highest BCUT2D eigenvalue weighted by atomic mass is 15.2. The lowest BCUT2D eigenvalue weighted by molar-refractivity contribution is 1.20. The zero-order valence-corrected chi connectivity index (χ0v) is 33.4. The predicted octanol–water partition coefficient (Wildman–Crippen LogP) is 16.3. The molecule has 0 spiro atoms. The summed E-state index contributed by atoms with van der Waals surface area (Å²) >= 11 is 0. The van der Waals surface area contributed by atoms with Gasteiger partial charge in [0.1, 0.15) is 0 Å². The number of para-hydroxylation sites is 4. The Bertz CT molecular complexity index is 3320. The van der Waals surface area contributed by atoms with E-state index in [4.69, 9.17) is 0 Å². The first-order valence-electron chi connectivity index (χ1n) is 20.9. The first-order valence-corrected chi connectivity index (χ1v) is 20.9. The number of anilines is 6. The molecule has 0 atom stereocenters. The summed E-state index contributed by atoms with van der Waals surface area (Å²) in [4.78, 5) is 4.83. The van der Waals surface area contributed by atoms with Gasteiger partial charge in [0.25, 0.3) is 0 Å². The molecule has 0 amide bonds. The Hall–Kier alpha value is -8.14. The van der Waals surface area contributed by atoms with E-state index in [1.54, 1.807) is 0 Å². The SMILES string of the molecule is c1ccc(N(c2ccccc2)c2cc3c(c4ccccc24)c2c4ccccc4c(N(c4ccccc4)c4ccccc4)cc2n3-c2cc3ccccc3c3ccccc23)cc1. The Morgan fingerprint density at radius 3 is 1.02 bits per heavy atom. The minimum atomic E-state index is 1.10. The Balaban J connectivity index is 1.31. The minimum absolute atomic E-state index is 1.10. The number of aromatic nitrogens is 1. The number of hydrogen-bond acceptors (Lipinski definition) is 2. The van der Waals surface area contributed by atoms with Crippen molar-refractivity contribution in [3.63, 3.8) is 0 Å². The predicted molar refractivity (Wildman–Crippen MR) is 260 cm³/mol. The van der Waals surface area contributed by atoms with Crippen molar-refractivity contribution in [3.05, 3.63) is 237 Å². The smallest absolute Gasteiger partial charge is 0.0568 e. The normalized spacial score (nSPS) is 11.6. The van der Waals surface area contributed by atoms with Crippen LogP contribution in [0.15, 0.2) is 237 Å². The second-order valence-corrected chi connectivity index (χ2v) is 15.7. The quantitative estimate of drug-likeness (QED) is 0.149. The largest absolute Gasteiger partial charge is 0.310 e. The molecule has 3 heteroatoms. The molecular weight excluding hydrogens is 739 g/mol. The highest BCUT2D eigenvalue weighted by Crippen LogP contribution is 2.50. The van der Waals surface area contributed by atoms with Crippen molar-refractivity contribution in [2.24, 2.45) is 0 Å². The minimum Gasteiger partial charge on any atom is -0.310 e. The summed E-state index contributed by atoms with van der Waals surface area (Å²) < 4.78 is 2.56. The molecule has 1 aromatic heterocycles. The van der Waals surface area contributed by atoms with Crippen LogP contribution in [0.4, 0.5) is 34.1 Å². The van der Waals surface area contributed by atoms with E-state index < -0.39 is 0 Å². The van der Waals surface area contributed by atoms with E-state index in [1.165, 1.54) is 53.9 Å². The maximum atomic E-state index is 2.56. The molecule has 0 aliphatic rings. The zero-order valence-electron chi connectivity index (χ0n) is 33.4. The molecule has 12 rings (SSSR count). The second-order valence-electron chi connectivity index (χ2n) is 15.7. The molecule has 0 bridgehead atoms. The molecule has 1 heterocycles. The molecule has 0 N–H and O–H groups in total. The van der Waals surface area contributed by atoms with Crippen molar-refractivity contribution in [2.45, 2.75) is 0 Å². The summed E-state index contributed by atoms with van der Waals surface area (Å²) in [5.41, 5.74) is 10.1. The Labute approximate surface area is 354 Å². The first-order chi connectivity index (χ1) is 30.3. The number of nitrogens with zero attached hydrogens (tertiary/aromatic N) is 3. The van der Waals surface area contributed by atoms with Gasteiger partial charge in [-0.3, -0.25) is 0 Å². The summed E-state index contributed by atoms with van der Waals surface area (Å²) in [7, 11) is 0. The Kier molecular flexibility index (Phi) is 8.17. The van der Waals surface area contributed by atoms with Crippen molar-refractivity contribution in [2.75, 3.05) is 9.80 Å². The van der Waals surface area contributed by atoms with Crippen molar-refractivity contribution in [3.8, 4) is 5.69 Å². The number of rotatable bonds is 7. The summed E-state index contributed by atoms with van der Waals surface area (Å²) in [5, 5.41) is 12.2. The Morgan fingerprint density at radius 1 is 0.262 bits per heavy atom. The van der Waals surface area contributed by atoms with Crippen LogP contribution in [0, 0.1) is 0 Å². The van der Waals surface area contributed by atoms with Crippen molar-refractivity contribution in [1.82, 2.24) is 4.57 Å². The van der Waals surface area contributed by atoms with Crippen molar-refractivity contribution >= 4 is 99.0 Å². The molecule has 12 aromatic rings. The maximum Gasteiger partial charge on any atom is 0.0568 e. The van der Waals surface area contributed by atoms with Gasteiger partial charge >= 0.3 is 0 Å². The third kappa shape index (κ3) is 5.59. The lowest BCUT2D eigenvalue weighted by Gasteiger charge is -2.27. The van der Waals surface area contributed by atoms with E-state index in [1.807, 2.05) is 0 Å². The van der Waals surface area contributed by atoms with Crippen LogP contribution in [0.3, 0.4) is 0 Å². The molecule has 0 saturated heterocycles. The molecule has 0 fully saturated rings. The fourth-order valence-corrected chi connectivity index (χ4v) is 9.70. The molecule has 0 saturated carbocycles. The van der Waals surface area contributed by atoms with Crippen molar-refractivity contribution < 1.29 is 0 Å². The highest BCUT2D eigenvalue weighted by Gasteiger charge is 2.26. The molecular formula is C58H39N3. The summed E-state index contributed by atoms with van der Waals surface area (Å²) in [6, 6.07) is 86.0. The van der Waals surface area contributed by atoms with Gasteiger partial charge in [0.15, 0.2) is 0 Å². The van der Waals surface area contributed by atoms with Gasteiger partial charge in [-0.2, -0.15) is 0 Å². The molecule has 0 aliphatic carbocycles. The second kappa shape index (κ2) is 14.3. The van der Waals surface area contributed by atoms with Crippen LogP contribution < -0.4 is 9.80 Å². The first kappa shape index (κ1) is 34.9. The van der Waals surface area contributed by atoms with Gasteiger partial charge in [-0.1, -0.05) is 170 Å². The van der Waals surface area contributed by atoms with E-state index in [9.17, 15) is 0 Å². The van der Waals surface area contributed by atoms with E-state index in [-0.39, 0.29) is 0 Å².